The fourth-order valence-electron chi connectivity index (χ4n) is 11.5. The smallest absolute Gasteiger partial charge is 0.260 e. The van der Waals surface area contributed by atoms with E-state index >= 15 is 0 Å². The molecule has 15 rings (SSSR count). The lowest BCUT2D eigenvalue weighted by Gasteiger charge is -2.45. The van der Waals surface area contributed by atoms with Crippen LogP contribution in [0.25, 0.3) is 0 Å². The third kappa shape index (κ3) is 5.08. The molecule has 12 heteroatoms. The quantitative estimate of drug-likeness (QED) is 0.161. The highest BCUT2D eigenvalue weighted by molar-refractivity contribution is 7.03. The van der Waals surface area contributed by atoms with E-state index in [2.05, 4.69) is 119 Å². The summed E-state index contributed by atoms with van der Waals surface area (Å²) in [5, 5.41) is 1.71. The fourth-order valence-corrected chi connectivity index (χ4v) is 12.1. The van der Waals surface area contributed by atoms with Crippen molar-refractivity contribution in [3.05, 3.63) is 185 Å². The van der Waals surface area contributed by atoms with Gasteiger partial charge in [0.2, 0.25) is 0 Å². The number of hydrogen-bond donors (Lipinski definition) is 0. The Morgan fingerprint density at radius 1 is 0.288 bits per heavy atom. The van der Waals surface area contributed by atoms with Gasteiger partial charge >= 0.3 is 0 Å². The van der Waals surface area contributed by atoms with Crippen molar-refractivity contribution in [1.29, 1.82) is 0 Å². The molecule has 0 saturated carbocycles. The van der Waals surface area contributed by atoms with E-state index in [1.807, 2.05) is 60.7 Å². The van der Waals surface area contributed by atoms with Crippen molar-refractivity contribution in [3.8, 4) is 46.0 Å². The lowest BCUT2D eigenvalue weighted by atomic mass is 9.29. The van der Waals surface area contributed by atoms with Gasteiger partial charge in [0.05, 0.1) is 0 Å². The molecule has 0 aliphatic carbocycles. The molecule has 0 spiro atoms. The van der Waals surface area contributed by atoms with E-state index in [1.165, 1.54) is 0 Å². The van der Waals surface area contributed by atoms with Gasteiger partial charge in [-0.3, -0.25) is 0 Å². The second-order valence-electron chi connectivity index (χ2n) is 17.5. The van der Waals surface area contributed by atoms with Crippen molar-refractivity contribution < 1.29 is 18.9 Å². The van der Waals surface area contributed by atoms with Crippen molar-refractivity contribution in [3.63, 3.8) is 0 Å². The van der Waals surface area contributed by atoms with Crippen LogP contribution in [0.5, 0.6) is 46.0 Å². The Balaban J connectivity index is 1.05. The zero-order valence-electron chi connectivity index (χ0n) is 34.6. The van der Waals surface area contributed by atoms with Gasteiger partial charge in [-0.2, -0.15) is 0 Å². The highest BCUT2D eigenvalue weighted by atomic mass is 35.5. The molecule has 308 valence electrons. The van der Waals surface area contributed by atoms with Crippen LogP contribution >= 0.6 is 34.8 Å². The predicted molar refractivity (Wildman–Crippen MR) is 271 cm³/mol. The van der Waals surface area contributed by atoms with Gasteiger partial charge in [0.25, 0.3) is 20.1 Å². The highest BCUT2D eigenvalue weighted by Crippen LogP contribution is 2.48. The van der Waals surface area contributed by atoms with Crippen molar-refractivity contribution in [2.75, 3.05) is 9.80 Å². The zero-order valence-corrected chi connectivity index (χ0v) is 36.8. The topological polar surface area (TPSA) is 43.4 Å². The molecule has 0 bridgehead atoms. The monoisotopic (exact) mass is 906 g/mol. The number of anilines is 6. The maximum absolute atomic E-state index is 7.33. The first kappa shape index (κ1) is 37.1. The minimum atomic E-state index is -0.255. The third-order valence-corrected chi connectivity index (χ3v) is 14.7. The molecule has 6 aliphatic heterocycles. The predicted octanol–water partition coefficient (Wildman–Crippen LogP) is 9.18. The first-order valence-electron chi connectivity index (χ1n) is 21.9. The van der Waals surface area contributed by atoms with Crippen LogP contribution in [0, 0.1) is 0 Å². The largest absolute Gasteiger partial charge is 0.458 e. The molecule has 0 unspecified atom stereocenters. The zero-order chi connectivity index (χ0) is 43.5. The van der Waals surface area contributed by atoms with Crippen LogP contribution < -0.4 is 77.9 Å². The molecule has 6 heterocycles. The van der Waals surface area contributed by atoms with Gasteiger partial charge in [0.1, 0.15) is 46.0 Å². The van der Waals surface area contributed by atoms with Crippen molar-refractivity contribution in [2.24, 2.45) is 0 Å². The molecule has 0 N–H and O–H groups in total. The van der Waals surface area contributed by atoms with E-state index in [4.69, 9.17) is 53.8 Å². The van der Waals surface area contributed by atoms with E-state index < -0.39 is 0 Å². The SMILES string of the molecule is Clc1cc2c3c(c1)Oc1cc4c(cc1B3c1ccccc1O2)B1c2cc3c(cc2N(c2ccccc2)c2cc(Cl)cc(c21)N4c1ccccc1)Oc1cc(Cl)cc2c1B3c1ccccc1O2. The van der Waals surface area contributed by atoms with E-state index in [-0.39, 0.29) is 20.1 Å². The molecule has 66 heavy (non-hydrogen) atoms. The molecule has 0 radical (unpaired) electrons. The van der Waals surface area contributed by atoms with E-state index in [1.54, 1.807) is 0 Å². The van der Waals surface area contributed by atoms with Crippen LogP contribution in [-0.2, 0) is 0 Å². The van der Waals surface area contributed by atoms with Gasteiger partial charge in [0.15, 0.2) is 0 Å². The summed E-state index contributed by atoms with van der Waals surface area (Å²) in [5.41, 5.74) is 15.5. The van der Waals surface area contributed by atoms with Crippen molar-refractivity contribution in [1.82, 2.24) is 0 Å². The summed E-state index contributed by atoms with van der Waals surface area (Å²) >= 11 is 20.9. The molecule has 0 fully saturated rings. The third-order valence-electron chi connectivity index (χ3n) is 14.0. The number of ether oxygens (including phenoxy) is 4. The summed E-state index contributed by atoms with van der Waals surface area (Å²) in [7, 11) is 0. The number of nitrogens with zero attached hydrogens (tertiary/aromatic N) is 2. The Morgan fingerprint density at radius 3 is 1.09 bits per heavy atom. The van der Waals surface area contributed by atoms with E-state index in [9.17, 15) is 0 Å². The first-order chi connectivity index (χ1) is 32.4. The minimum Gasteiger partial charge on any atom is -0.458 e. The summed E-state index contributed by atoms with van der Waals surface area (Å²) < 4.78 is 27.0. The van der Waals surface area contributed by atoms with Gasteiger partial charge in [-0.15, -0.1) is 0 Å². The molecule has 0 saturated heterocycles. The number of halogens is 3. The number of hydrogen-bond acceptors (Lipinski definition) is 6. The maximum atomic E-state index is 7.33. The number of rotatable bonds is 2. The molecule has 6 aliphatic rings. The Bertz CT molecular complexity index is 3420. The normalized spacial score (nSPS) is 14.3. The highest BCUT2D eigenvalue weighted by Gasteiger charge is 2.49. The van der Waals surface area contributed by atoms with Crippen molar-refractivity contribution >= 4 is 138 Å². The van der Waals surface area contributed by atoms with Gasteiger partial charge in [-0.05, 0) is 111 Å². The van der Waals surface area contributed by atoms with E-state index in [0.717, 1.165) is 106 Å². The van der Waals surface area contributed by atoms with E-state index in [0.29, 0.717) is 38.1 Å². The summed E-state index contributed by atoms with van der Waals surface area (Å²) in [6.07, 6.45) is 0. The summed E-state index contributed by atoms with van der Waals surface area (Å²) in [4.78, 5) is 4.68. The second kappa shape index (κ2) is 13.5. The number of benzene rings is 9. The van der Waals surface area contributed by atoms with Gasteiger partial charge in [-0.25, -0.2) is 0 Å². The van der Waals surface area contributed by atoms with Crippen LogP contribution in [0.4, 0.5) is 34.1 Å². The lowest BCUT2D eigenvalue weighted by Crippen LogP contribution is -2.65. The van der Waals surface area contributed by atoms with Crippen LogP contribution in [0.2, 0.25) is 15.1 Å². The van der Waals surface area contributed by atoms with Gasteiger partial charge in [-0.1, -0.05) is 120 Å². The molecule has 9 aromatic rings. The molecule has 0 aromatic heterocycles. The molecule has 0 amide bonds. The second-order valence-corrected chi connectivity index (χ2v) is 18.8. The van der Waals surface area contributed by atoms with Crippen LogP contribution in [0.3, 0.4) is 0 Å². The standard InChI is InChI=1S/C54H28B3Cl3N2O4/c58-29-19-42-52-43(20-29)62(33-13-5-2-6-14-33)41-28-47-39(56-35-16-8-10-18-45(35)64-49-22-31(60)24-51(66-47)54(49)56)26-37(41)57(52)36-25-38-46(27-40(36)61(42)32-11-3-1-4-12-32)65-50-23-30(59)21-48-53(50)55(38)34-15-7-9-17-44(34)63-48/h1-28H. The Labute approximate surface area is 395 Å². The van der Waals surface area contributed by atoms with Crippen LogP contribution in [0.15, 0.2) is 170 Å². The average molecular weight is 908 g/mol. The van der Waals surface area contributed by atoms with Crippen LogP contribution in [0.1, 0.15) is 0 Å². The van der Waals surface area contributed by atoms with Gasteiger partial charge < -0.3 is 28.7 Å². The maximum Gasteiger partial charge on any atom is 0.260 e. The Morgan fingerprint density at radius 2 is 0.652 bits per heavy atom. The summed E-state index contributed by atoms with van der Waals surface area (Å²) in [5.74, 6) is 5.87. The minimum absolute atomic E-state index is 0.177. The summed E-state index contributed by atoms with van der Waals surface area (Å²) in [6, 6.07) is 58.6. The molecular formula is C54H28B3Cl3N2O4. The Kier molecular flexibility index (Phi) is 7.57. The molecule has 0 atom stereocenters. The molecule has 6 nitrogen and oxygen atoms in total. The molecular weight excluding hydrogens is 879 g/mol. The Hall–Kier alpha value is -7.16. The lowest BCUT2D eigenvalue weighted by molar-refractivity contribution is 0.464. The fraction of sp³-hybridized carbons (Fsp3) is 0. The number of para-hydroxylation sites is 4. The van der Waals surface area contributed by atoms with Gasteiger partial charge in [0, 0.05) is 72.3 Å². The number of fused-ring (bicyclic) bond motifs is 12. The molecule has 9 aromatic carbocycles. The summed E-state index contributed by atoms with van der Waals surface area (Å²) in [6.45, 7) is -0.609. The average Bonchev–Trinajstić information content (AvgIpc) is 3.32. The van der Waals surface area contributed by atoms with Crippen LogP contribution in [-0.4, -0.2) is 20.1 Å². The first-order valence-corrected chi connectivity index (χ1v) is 23.0. The van der Waals surface area contributed by atoms with Crippen molar-refractivity contribution in [2.45, 2.75) is 0 Å².